The molecule has 0 spiro atoms. The smallest absolute Gasteiger partial charge is 0.274 e. The lowest BCUT2D eigenvalue weighted by atomic mass is 9.93. The number of H-pyrrole nitrogens is 1. The predicted molar refractivity (Wildman–Crippen MR) is 86.8 cm³/mol. The molecule has 0 saturated carbocycles. The lowest BCUT2D eigenvalue weighted by Gasteiger charge is -2.31. The van der Waals surface area contributed by atoms with Crippen molar-refractivity contribution in [1.29, 1.82) is 0 Å². The lowest BCUT2D eigenvalue weighted by molar-refractivity contribution is 0.0627. The van der Waals surface area contributed by atoms with Gasteiger partial charge in [0.25, 0.3) is 5.91 Å². The number of nitrogens with zero attached hydrogens (tertiary/aromatic N) is 4. The molecule has 7 heteroatoms. The van der Waals surface area contributed by atoms with Crippen molar-refractivity contribution in [1.82, 2.24) is 24.6 Å². The van der Waals surface area contributed by atoms with Gasteiger partial charge >= 0.3 is 0 Å². The van der Waals surface area contributed by atoms with E-state index in [1.165, 1.54) is 0 Å². The number of piperidine rings is 1. The molecule has 24 heavy (non-hydrogen) atoms. The normalized spacial score (nSPS) is 20.2. The standard InChI is InChI=1S/C17H21N5O2/c1-21-9-7-18-16(21)15(23)11-4-3-8-22(10-11)17(24)14-12-5-2-6-13(12)19-20-14/h7,9,11H,2-6,8,10H2,1H3,(H,19,20)/t11-/m0/s1. The summed E-state index contributed by atoms with van der Waals surface area (Å²) in [4.78, 5) is 31.5. The number of hydrogen-bond donors (Lipinski definition) is 1. The number of aromatic nitrogens is 4. The van der Waals surface area contributed by atoms with Crippen LogP contribution in [-0.4, -0.2) is 49.4 Å². The lowest BCUT2D eigenvalue weighted by Crippen LogP contribution is -2.43. The van der Waals surface area contributed by atoms with Gasteiger partial charge in [-0.2, -0.15) is 5.10 Å². The molecule has 7 nitrogen and oxygen atoms in total. The third kappa shape index (κ3) is 2.44. The first-order valence-corrected chi connectivity index (χ1v) is 8.52. The highest BCUT2D eigenvalue weighted by molar-refractivity contribution is 5.97. The van der Waals surface area contributed by atoms with Crippen molar-refractivity contribution in [2.24, 2.45) is 13.0 Å². The van der Waals surface area contributed by atoms with Crippen molar-refractivity contribution in [3.05, 3.63) is 35.2 Å². The van der Waals surface area contributed by atoms with Gasteiger partial charge in [-0.25, -0.2) is 4.98 Å². The van der Waals surface area contributed by atoms with Gasteiger partial charge < -0.3 is 9.47 Å². The minimum atomic E-state index is -0.184. The summed E-state index contributed by atoms with van der Waals surface area (Å²) in [5, 5.41) is 7.22. The van der Waals surface area contributed by atoms with Crippen LogP contribution in [0.15, 0.2) is 12.4 Å². The van der Waals surface area contributed by atoms with Crippen molar-refractivity contribution >= 4 is 11.7 Å². The molecule has 0 aromatic carbocycles. The fraction of sp³-hybridized carbons (Fsp3) is 0.529. The van der Waals surface area contributed by atoms with E-state index in [9.17, 15) is 9.59 Å². The van der Waals surface area contributed by atoms with Gasteiger partial charge in [0.1, 0.15) is 0 Å². The largest absolute Gasteiger partial charge is 0.337 e. The molecule has 1 amide bonds. The van der Waals surface area contributed by atoms with Crippen molar-refractivity contribution in [2.75, 3.05) is 13.1 Å². The molecule has 1 N–H and O–H groups in total. The van der Waals surface area contributed by atoms with Crippen LogP contribution >= 0.6 is 0 Å². The summed E-state index contributed by atoms with van der Waals surface area (Å²) in [5.74, 6) is 0.254. The van der Waals surface area contributed by atoms with Gasteiger partial charge in [0.2, 0.25) is 5.78 Å². The van der Waals surface area contributed by atoms with E-state index in [-0.39, 0.29) is 17.6 Å². The molecule has 1 fully saturated rings. The summed E-state index contributed by atoms with van der Waals surface area (Å²) >= 11 is 0. The van der Waals surface area contributed by atoms with Crippen molar-refractivity contribution in [2.45, 2.75) is 32.1 Å². The maximum Gasteiger partial charge on any atom is 0.274 e. The highest BCUT2D eigenvalue weighted by atomic mass is 16.2. The van der Waals surface area contributed by atoms with E-state index < -0.39 is 0 Å². The number of imidazole rings is 1. The Balaban J connectivity index is 1.51. The number of fused-ring (bicyclic) bond motifs is 1. The third-order valence-corrected chi connectivity index (χ3v) is 5.13. The van der Waals surface area contributed by atoms with E-state index in [1.807, 2.05) is 7.05 Å². The molecule has 3 heterocycles. The second-order valence-electron chi connectivity index (χ2n) is 6.70. The molecule has 2 aromatic heterocycles. The molecule has 2 aliphatic rings. The molecule has 1 aliphatic carbocycles. The summed E-state index contributed by atoms with van der Waals surface area (Å²) in [6.07, 6.45) is 7.99. The number of aromatic amines is 1. The number of rotatable bonds is 3. The summed E-state index contributed by atoms with van der Waals surface area (Å²) < 4.78 is 1.74. The van der Waals surface area contributed by atoms with Crippen molar-refractivity contribution < 1.29 is 9.59 Å². The van der Waals surface area contributed by atoms with Crippen LogP contribution in [0.3, 0.4) is 0 Å². The highest BCUT2D eigenvalue weighted by Gasteiger charge is 2.33. The molecular weight excluding hydrogens is 306 g/mol. The number of hydrogen-bond acceptors (Lipinski definition) is 4. The Morgan fingerprint density at radius 3 is 2.96 bits per heavy atom. The fourth-order valence-electron chi connectivity index (χ4n) is 3.81. The summed E-state index contributed by atoms with van der Waals surface area (Å²) in [6, 6.07) is 0. The van der Waals surface area contributed by atoms with Crippen LogP contribution in [0.4, 0.5) is 0 Å². The van der Waals surface area contributed by atoms with Gasteiger partial charge in [-0.1, -0.05) is 0 Å². The van der Waals surface area contributed by atoms with E-state index >= 15 is 0 Å². The van der Waals surface area contributed by atoms with Crippen LogP contribution < -0.4 is 0 Å². The highest BCUT2D eigenvalue weighted by Crippen LogP contribution is 2.26. The Bertz CT molecular complexity index is 791. The van der Waals surface area contributed by atoms with Crippen LogP contribution in [0.5, 0.6) is 0 Å². The second kappa shape index (κ2) is 5.89. The van der Waals surface area contributed by atoms with Gasteiger partial charge in [-0.3, -0.25) is 14.7 Å². The average molecular weight is 327 g/mol. The number of likely N-dealkylation sites (tertiary alicyclic amines) is 1. The molecule has 4 rings (SSSR count). The SMILES string of the molecule is Cn1ccnc1C(=O)[C@H]1CCCN(C(=O)c2n[nH]c3c2CCC3)C1. The van der Waals surface area contributed by atoms with Gasteiger partial charge in [0, 0.05) is 49.7 Å². The molecule has 1 saturated heterocycles. The van der Waals surface area contributed by atoms with Crippen LogP contribution in [0.25, 0.3) is 0 Å². The Morgan fingerprint density at radius 2 is 2.17 bits per heavy atom. The van der Waals surface area contributed by atoms with E-state index in [4.69, 9.17) is 0 Å². The van der Waals surface area contributed by atoms with Crippen LogP contribution in [-0.2, 0) is 19.9 Å². The maximum absolute atomic E-state index is 12.9. The monoisotopic (exact) mass is 327 g/mol. The number of amides is 1. The number of Topliss-reactive ketones (excluding diaryl/α,β-unsaturated/α-hetero) is 1. The zero-order valence-corrected chi connectivity index (χ0v) is 13.8. The van der Waals surface area contributed by atoms with Crippen LogP contribution in [0.2, 0.25) is 0 Å². The van der Waals surface area contributed by atoms with Gasteiger partial charge in [-0.05, 0) is 32.1 Å². The number of carbonyl (C=O) groups excluding carboxylic acids is 2. The maximum atomic E-state index is 12.9. The van der Waals surface area contributed by atoms with Gasteiger partial charge in [0.15, 0.2) is 11.5 Å². The molecular formula is C17H21N5O2. The first kappa shape index (κ1) is 15.1. The average Bonchev–Trinajstić information content (AvgIpc) is 3.30. The van der Waals surface area contributed by atoms with E-state index in [0.29, 0.717) is 24.6 Å². The quantitative estimate of drug-likeness (QED) is 0.863. The topological polar surface area (TPSA) is 83.9 Å². The van der Waals surface area contributed by atoms with Crippen molar-refractivity contribution in [3.8, 4) is 0 Å². The fourth-order valence-corrected chi connectivity index (χ4v) is 3.81. The molecule has 126 valence electrons. The zero-order valence-electron chi connectivity index (χ0n) is 13.8. The van der Waals surface area contributed by atoms with Crippen molar-refractivity contribution in [3.63, 3.8) is 0 Å². The van der Waals surface area contributed by atoms with Crippen LogP contribution in [0.1, 0.15) is 51.6 Å². The molecule has 1 aliphatic heterocycles. The van der Waals surface area contributed by atoms with Crippen LogP contribution in [0, 0.1) is 5.92 Å². The number of ketones is 1. The second-order valence-corrected chi connectivity index (χ2v) is 6.70. The molecule has 0 radical (unpaired) electrons. The van der Waals surface area contributed by atoms with E-state index in [2.05, 4.69) is 15.2 Å². The number of aryl methyl sites for hydroxylation is 2. The Hall–Kier alpha value is -2.44. The summed E-state index contributed by atoms with van der Waals surface area (Å²) in [7, 11) is 1.82. The summed E-state index contributed by atoms with van der Waals surface area (Å²) in [5.41, 5.74) is 2.71. The predicted octanol–water partition coefficient (Wildman–Crippen LogP) is 1.37. The summed E-state index contributed by atoms with van der Waals surface area (Å²) in [6.45, 7) is 1.14. The molecule has 0 unspecified atom stereocenters. The minimum absolute atomic E-state index is 0.0206. The molecule has 0 bridgehead atoms. The Kier molecular flexibility index (Phi) is 3.70. The Morgan fingerprint density at radius 1 is 1.29 bits per heavy atom. The number of carbonyl (C=O) groups is 2. The van der Waals surface area contributed by atoms with Gasteiger partial charge in [-0.15, -0.1) is 0 Å². The minimum Gasteiger partial charge on any atom is -0.337 e. The van der Waals surface area contributed by atoms with E-state index in [1.54, 1.807) is 21.9 Å². The third-order valence-electron chi connectivity index (χ3n) is 5.13. The molecule has 2 aromatic rings. The molecule has 1 atom stereocenters. The van der Waals surface area contributed by atoms with Gasteiger partial charge in [0.05, 0.1) is 0 Å². The Labute approximate surface area is 140 Å². The van der Waals surface area contributed by atoms with E-state index in [0.717, 1.165) is 43.4 Å². The first-order valence-electron chi connectivity index (χ1n) is 8.52. The zero-order chi connectivity index (χ0) is 16.7. The number of nitrogens with one attached hydrogen (secondary N) is 1. The first-order chi connectivity index (χ1) is 11.6.